The molecule has 4 aliphatic rings. The van der Waals surface area contributed by atoms with Crippen LogP contribution < -0.4 is 14.7 Å². The van der Waals surface area contributed by atoms with Crippen LogP contribution in [0.2, 0.25) is 0 Å². The van der Waals surface area contributed by atoms with Gasteiger partial charge in [0.05, 0.1) is 28.2 Å². The molecule has 3 aliphatic carbocycles. The average molecular weight is 2040 g/mol. The van der Waals surface area contributed by atoms with Crippen LogP contribution in [0, 0.1) is 22.1 Å². The number of hydrogen-bond donors (Lipinski definition) is 0. The van der Waals surface area contributed by atoms with Gasteiger partial charge < -0.3 is 14.7 Å². The highest BCUT2D eigenvalue weighted by Gasteiger charge is 2.72. The number of hydrogen-bond acceptors (Lipinski definition) is 4. The smallest absolute Gasteiger partial charge is 0.310 e. The number of rotatable bonds is 12. The molecule has 4 nitrogen and oxygen atoms in total. The van der Waals surface area contributed by atoms with Crippen LogP contribution in [0.15, 0.2) is 324 Å². The van der Waals surface area contributed by atoms with E-state index in [1.54, 1.807) is 11.6 Å². The van der Waals surface area contributed by atoms with Crippen molar-refractivity contribution in [3.63, 3.8) is 0 Å². The summed E-state index contributed by atoms with van der Waals surface area (Å²) < 4.78 is 82.9. The van der Waals surface area contributed by atoms with Crippen LogP contribution >= 0.6 is 95.6 Å². The third-order valence-corrected chi connectivity index (χ3v) is 33.0. The molecule has 0 amide bonds. The summed E-state index contributed by atoms with van der Waals surface area (Å²) in [6, 6.07) is 100. The molecule has 15 heteroatoms. The molecule has 0 bridgehead atoms. The first-order chi connectivity index (χ1) is 58.5. The first-order valence-corrected chi connectivity index (χ1v) is 46.4. The summed E-state index contributed by atoms with van der Waals surface area (Å²) in [7, 11) is 0. The van der Waals surface area contributed by atoms with Crippen molar-refractivity contribution < 1.29 is 26.7 Å². The minimum absolute atomic E-state index is 0.0240. The third kappa shape index (κ3) is 14.3. The summed E-state index contributed by atoms with van der Waals surface area (Å²) in [5.41, 5.74) is 19.2. The Bertz CT molecular complexity index is 6540. The number of fused-ring (bicyclic) bond motifs is 5. The van der Waals surface area contributed by atoms with Gasteiger partial charge in [0.1, 0.15) is 5.82 Å². The average Bonchev–Trinajstić information content (AvgIpc) is 1.46. The molecule has 124 heavy (non-hydrogen) atoms. The lowest BCUT2D eigenvalue weighted by molar-refractivity contribution is -0.369. The molecule has 19 rings (SSSR count). The molecule has 0 aromatic heterocycles. The summed E-state index contributed by atoms with van der Waals surface area (Å²) in [4.78, 5) is 6.75. The number of alkyl halides is 4. The molecule has 0 fully saturated rings. The molecule has 0 unspecified atom stereocenters. The van der Waals surface area contributed by atoms with E-state index in [-0.39, 0.29) is 49.1 Å². The second-order valence-electron chi connectivity index (χ2n) is 37.2. The Morgan fingerprint density at radius 3 is 0.823 bits per heavy atom. The summed E-state index contributed by atoms with van der Waals surface area (Å²) in [5.74, 6) is -0.117. The van der Waals surface area contributed by atoms with E-state index in [1.807, 2.05) is 84.9 Å². The van der Waals surface area contributed by atoms with Gasteiger partial charge in [0.25, 0.3) is 0 Å². The summed E-state index contributed by atoms with van der Waals surface area (Å²) in [5, 5.41) is 6.52. The van der Waals surface area contributed by atoms with Gasteiger partial charge >= 0.3 is 12.2 Å². The maximum absolute atomic E-state index is 16.2. The van der Waals surface area contributed by atoms with E-state index in [0.29, 0.717) is 11.1 Å². The van der Waals surface area contributed by atoms with E-state index >= 15 is 4.39 Å². The largest absolute Gasteiger partial charge is 0.388 e. The first kappa shape index (κ1) is 87.1. The van der Waals surface area contributed by atoms with Crippen LogP contribution in [0.25, 0.3) is 65.7 Å². The van der Waals surface area contributed by atoms with Gasteiger partial charge in [-0.05, 0) is 315 Å². The molecule has 628 valence electrons. The summed E-state index contributed by atoms with van der Waals surface area (Å²) >= 11 is 21.5. The molecule has 1 heterocycles. The zero-order valence-electron chi connectivity index (χ0n) is 71.7. The standard InChI is InChI=1S/C42H43Br2N.C37H34Br2FN.C30H17Br2F4NO/c1-38(2)34-23-28(24-35-37(34)42(9,40(38,5)6)41(7,8)39(35,3)4)27-22-26-12-10-11-13-33(26)36(25-27)45(31-18-14-29(43)15-19-31)32-20-16-30(44)17-21-32;1-35(2)31-20-25(21-32(40)34(31)36(3,4)37(35,5)6)24-19-23-9-7-8-10-30(23)33(22-24)41(28-15-11-26(38)12-16-28)29-17-13-27(39)14-18-29;31-21-6-10-23(11-7-21)37(24-12-8-22(32)9-13-24)28-17-20(15-19-3-1-2-4-25(19)28)18-5-14-26-27(16-18)30(35,36)38-29(26,33)34/h10-25H,1-9H3;7-22H,1-6H3;1-17H. The SMILES string of the molecule is CC1(C)c2cc(-c3cc(N(c4ccc(Br)cc4)c4ccc(Br)cc4)c4ccccc4c3)cc(F)c2C(C)(C)C1(C)C.CC1(C)c2cc(-c3cc(N(c4ccc(Br)cc4)c4ccc(Br)cc4)c4ccccc4c3)cc3c2C(C)(C1(C)C)C(C)(C)C3(C)C.FC1(F)OC(F)(F)c2cc(-c3cc(N(c4ccc(Br)cc4)c4ccc(Br)cc4)c4ccccc4c3)ccc21. The van der Waals surface area contributed by atoms with E-state index in [9.17, 15) is 17.6 Å². The molecule has 0 spiro atoms. The fourth-order valence-corrected chi connectivity index (χ4v) is 21.8. The van der Waals surface area contributed by atoms with Crippen LogP contribution in [-0.2, 0) is 44.0 Å². The highest BCUT2D eigenvalue weighted by atomic mass is 79.9. The summed E-state index contributed by atoms with van der Waals surface area (Å²) in [6.45, 7) is 36.0. The van der Waals surface area contributed by atoms with Crippen molar-refractivity contribution >= 4 is 179 Å². The van der Waals surface area contributed by atoms with Crippen molar-refractivity contribution in [3.8, 4) is 33.4 Å². The molecule has 1 aliphatic heterocycles. The molecule has 0 N–H and O–H groups in total. The van der Waals surface area contributed by atoms with Crippen molar-refractivity contribution in [1.29, 1.82) is 0 Å². The second-order valence-corrected chi connectivity index (χ2v) is 42.7. The van der Waals surface area contributed by atoms with Crippen LogP contribution in [-0.4, -0.2) is 0 Å². The van der Waals surface area contributed by atoms with Crippen LogP contribution in [0.1, 0.15) is 143 Å². The zero-order chi connectivity index (χ0) is 88.3. The van der Waals surface area contributed by atoms with Gasteiger partial charge in [-0.15, -0.1) is 0 Å². The Labute approximate surface area is 775 Å². The Morgan fingerprint density at radius 2 is 0.500 bits per heavy atom. The Balaban J connectivity index is 0.000000132. The van der Waals surface area contributed by atoms with E-state index in [0.717, 1.165) is 128 Å². The molecule has 15 aromatic carbocycles. The number of anilines is 9. The second kappa shape index (κ2) is 31.5. The predicted octanol–water partition coefficient (Wildman–Crippen LogP) is 36.3. The molecule has 0 saturated heterocycles. The lowest BCUT2D eigenvalue weighted by atomic mass is 9.47. The van der Waals surface area contributed by atoms with Crippen molar-refractivity contribution in [2.75, 3.05) is 14.7 Å². The maximum atomic E-state index is 16.2. The minimum Gasteiger partial charge on any atom is -0.310 e. The highest BCUT2D eigenvalue weighted by Crippen LogP contribution is 2.76. The van der Waals surface area contributed by atoms with Crippen molar-refractivity contribution in [2.45, 2.75) is 143 Å². The Morgan fingerprint density at radius 1 is 0.242 bits per heavy atom. The predicted molar refractivity (Wildman–Crippen MR) is 528 cm³/mol. The van der Waals surface area contributed by atoms with E-state index in [2.05, 4.69) is 407 Å². The van der Waals surface area contributed by atoms with Crippen molar-refractivity contribution in [1.82, 2.24) is 0 Å². The number of ether oxygens (including phenoxy) is 1. The van der Waals surface area contributed by atoms with Gasteiger partial charge in [-0.2, -0.15) is 17.6 Å². The third-order valence-electron chi connectivity index (χ3n) is 29.8. The molecule has 0 radical (unpaired) electrons. The molecule has 0 saturated carbocycles. The van der Waals surface area contributed by atoms with Crippen molar-refractivity contribution in [3.05, 3.63) is 369 Å². The van der Waals surface area contributed by atoms with Gasteiger partial charge in [0, 0.05) is 82.5 Å². The van der Waals surface area contributed by atoms with Crippen LogP contribution in [0.5, 0.6) is 0 Å². The zero-order valence-corrected chi connectivity index (χ0v) is 81.2. The van der Waals surface area contributed by atoms with Gasteiger partial charge in [0.2, 0.25) is 0 Å². The molecular formula is C109H94Br6F5N3O. The van der Waals surface area contributed by atoms with Gasteiger partial charge in [-0.25, -0.2) is 9.13 Å². The van der Waals surface area contributed by atoms with E-state index < -0.39 is 23.3 Å². The Hall–Kier alpha value is -9.03. The van der Waals surface area contributed by atoms with E-state index in [4.69, 9.17) is 0 Å². The van der Waals surface area contributed by atoms with Gasteiger partial charge in [0.15, 0.2) is 0 Å². The lowest BCUT2D eigenvalue weighted by Gasteiger charge is -2.56. The monoisotopic (exact) mass is 2030 g/mol. The van der Waals surface area contributed by atoms with Gasteiger partial charge in [-0.1, -0.05) is 296 Å². The topological polar surface area (TPSA) is 19.0 Å². The van der Waals surface area contributed by atoms with Gasteiger partial charge in [-0.3, -0.25) is 0 Å². The molecule has 0 atom stereocenters. The fraction of sp³-hybridized carbons (Fsp3) is 0.229. The van der Waals surface area contributed by atoms with Crippen LogP contribution in [0.4, 0.5) is 73.1 Å². The fourth-order valence-electron chi connectivity index (χ4n) is 20.2. The quantitative estimate of drug-likeness (QED) is 0.113. The van der Waals surface area contributed by atoms with E-state index in [1.165, 1.54) is 44.8 Å². The molecule has 15 aromatic rings. The Kier molecular flexibility index (Phi) is 22.1. The van der Waals surface area contributed by atoms with Crippen LogP contribution in [0.3, 0.4) is 0 Å². The molecular weight excluding hydrogens is 1940 g/mol. The maximum Gasteiger partial charge on any atom is 0.388 e. The number of nitrogens with zero attached hydrogens (tertiary/aromatic N) is 3. The van der Waals surface area contributed by atoms with Crippen molar-refractivity contribution in [2.24, 2.45) is 16.2 Å². The summed E-state index contributed by atoms with van der Waals surface area (Å²) in [6.07, 6.45) is -8.14. The highest BCUT2D eigenvalue weighted by molar-refractivity contribution is 9.11. The normalized spacial score (nSPS) is 17.2. The number of benzene rings is 15. The lowest BCUT2D eigenvalue weighted by Crippen LogP contribution is -2.54. The number of halogens is 11. The minimum atomic E-state index is -4.09. The first-order valence-electron chi connectivity index (χ1n) is 41.7.